The highest BCUT2D eigenvalue weighted by molar-refractivity contribution is 6.19. The minimum absolute atomic E-state index is 0.0312. The summed E-state index contributed by atoms with van der Waals surface area (Å²) in [5.41, 5.74) is 0.475. The van der Waals surface area contributed by atoms with Crippen molar-refractivity contribution >= 4 is 17.3 Å². The lowest BCUT2D eigenvalue weighted by molar-refractivity contribution is -0.156. The molecule has 0 spiro atoms. The average molecular weight is 206 g/mol. The first-order chi connectivity index (χ1) is 7.03. The first-order valence-corrected chi connectivity index (χ1v) is 4.43. The highest BCUT2D eigenvalue weighted by Crippen LogP contribution is 2.24. The number of hydrazone groups is 1. The van der Waals surface area contributed by atoms with E-state index in [0.29, 0.717) is 5.69 Å². The van der Waals surface area contributed by atoms with Gasteiger partial charge < -0.3 is 10.2 Å². The van der Waals surface area contributed by atoms with Gasteiger partial charge in [-0.15, -0.1) is 0 Å². The van der Waals surface area contributed by atoms with Crippen molar-refractivity contribution in [1.29, 1.82) is 0 Å². The van der Waals surface area contributed by atoms with Crippen molar-refractivity contribution in [3.05, 3.63) is 30.3 Å². The smallest absolute Gasteiger partial charge is 0.313 e. The minimum atomic E-state index is -2.48. The highest BCUT2D eigenvalue weighted by Gasteiger charge is 2.46. The van der Waals surface area contributed by atoms with Gasteiger partial charge in [-0.05, 0) is 19.1 Å². The molecule has 0 saturated carbocycles. The summed E-state index contributed by atoms with van der Waals surface area (Å²) in [6, 6.07) is 8.60. The largest absolute Gasteiger partial charge is 0.354 e. The predicted molar refractivity (Wildman–Crippen MR) is 54.2 cm³/mol. The Labute approximate surface area is 86.3 Å². The molecule has 1 aliphatic rings. The molecule has 5 heteroatoms. The lowest BCUT2D eigenvalue weighted by atomic mass is 10.2. The Morgan fingerprint density at radius 2 is 1.87 bits per heavy atom. The molecule has 2 N–H and O–H groups in total. The summed E-state index contributed by atoms with van der Waals surface area (Å²) in [4.78, 5) is 11.5. The molecule has 0 unspecified atom stereocenters. The van der Waals surface area contributed by atoms with Gasteiger partial charge in [0.15, 0.2) is 0 Å². The molecule has 0 fully saturated rings. The zero-order valence-electron chi connectivity index (χ0n) is 8.08. The van der Waals surface area contributed by atoms with Crippen molar-refractivity contribution in [3.8, 4) is 0 Å². The van der Waals surface area contributed by atoms with Crippen molar-refractivity contribution < 1.29 is 15.0 Å². The molecule has 0 saturated heterocycles. The first-order valence-electron chi connectivity index (χ1n) is 4.43. The molecule has 0 bridgehead atoms. The fourth-order valence-corrected chi connectivity index (χ4v) is 1.31. The third kappa shape index (κ3) is 1.42. The van der Waals surface area contributed by atoms with Crippen molar-refractivity contribution in [2.45, 2.75) is 12.7 Å². The number of nitrogens with zero attached hydrogens (tertiary/aromatic N) is 2. The molecule has 0 radical (unpaired) electrons. The van der Waals surface area contributed by atoms with Gasteiger partial charge in [0.1, 0.15) is 5.71 Å². The van der Waals surface area contributed by atoms with E-state index in [1.54, 1.807) is 30.3 Å². The van der Waals surface area contributed by atoms with Gasteiger partial charge in [0.25, 0.3) is 5.79 Å². The summed E-state index contributed by atoms with van der Waals surface area (Å²) in [6.07, 6.45) is 0. The zero-order chi connectivity index (χ0) is 11.1. The molecule has 5 nitrogen and oxygen atoms in total. The fourth-order valence-electron chi connectivity index (χ4n) is 1.31. The number of benzene rings is 1. The summed E-state index contributed by atoms with van der Waals surface area (Å²) in [7, 11) is 0. The van der Waals surface area contributed by atoms with Crippen LogP contribution in [0.4, 0.5) is 5.69 Å². The lowest BCUT2D eigenvalue weighted by Gasteiger charge is -2.15. The molecule has 0 atom stereocenters. The molecular weight excluding hydrogens is 196 g/mol. The second kappa shape index (κ2) is 3.15. The maximum absolute atomic E-state index is 11.5. The molecule has 1 aliphatic heterocycles. The monoisotopic (exact) mass is 206 g/mol. The van der Waals surface area contributed by atoms with Gasteiger partial charge in [-0.2, -0.15) is 10.1 Å². The van der Waals surface area contributed by atoms with Gasteiger partial charge in [-0.1, -0.05) is 18.2 Å². The molecule has 1 amide bonds. The molecule has 0 aliphatic carbocycles. The Morgan fingerprint density at radius 1 is 1.27 bits per heavy atom. The molecular formula is C10H10N2O3. The molecule has 0 aromatic heterocycles. The van der Waals surface area contributed by atoms with Gasteiger partial charge in [-0.25, -0.2) is 0 Å². The summed E-state index contributed by atoms with van der Waals surface area (Å²) in [5, 5.41) is 23.6. The van der Waals surface area contributed by atoms with Crippen LogP contribution < -0.4 is 5.01 Å². The Morgan fingerprint density at radius 3 is 2.33 bits per heavy atom. The van der Waals surface area contributed by atoms with Crippen molar-refractivity contribution in [2.75, 3.05) is 5.01 Å². The number of amides is 1. The van der Waals surface area contributed by atoms with Crippen LogP contribution in [0.5, 0.6) is 0 Å². The number of rotatable bonds is 1. The Kier molecular flexibility index (Phi) is 2.06. The van der Waals surface area contributed by atoms with Crippen LogP contribution in [0.2, 0.25) is 0 Å². The summed E-state index contributed by atoms with van der Waals surface area (Å²) in [6.45, 7) is 1.39. The Hall–Kier alpha value is -1.72. The number of aliphatic hydroxyl groups is 2. The van der Waals surface area contributed by atoms with Crippen LogP contribution in [0.3, 0.4) is 0 Å². The topological polar surface area (TPSA) is 73.1 Å². The summed E-state index contributed by atoms with van der Waals surface area (Å²) in [5.74, 6) is -3.33. The molecule has 1 aromatic carbocycles. The van der Waals surface area contributed by atoms with Crippen LogP contribution >= 0.6 is 0 Å². The van der Waals surface area contributed by atoms with E-state index in [9.17, 15) is 15.0 Å². The molecule has 1 heterocycles. The fraction of sp³-hybridized carbons (Fsp3) is 0.200. The number of hydrogen-bond donors (Lipinski definition) is 2. The van der Waals surface area contributed by atoms with Crippen molar-refractivity contribution in [1.82, 2.24) is 0 Å². The number of anilines is 1. The Bertz CT molecular complexity index is 426. The second-order valence-electron chi connectivity index (χ2n) is 3.31. The third-order valence-electron chi connectivity index (χ3n) is 2.25. The van der Waals surface area contributed by atoms with Gasteiger partial charge in [-0.3, -0.25) is 4.79 Å². The van der Waals surface area contributed by atoms with E-state index >= 15 is 0 Å². The molecule has 15 heavy (non-hydrogen) atoms. The van der Waals surface area contributed by atoms with Gasteiger partial charge in [0.05, 0.1) is 5.69 Å². The first kappa shape index (κ1) is 9.82. The van der Waals surface area contributed by atoms with E-state index in [0.717, 1.165) is 5.01 Å². The van der Waals surface area contributed by atoms with Gasteiger partial charge in [0, 0.05) is 0 Å². The van der Waals surface area contributed by atoms with Crippen LogP contribution in [-0.2, 0) is 4.79 Å². The summed E-state index contributed by atoms with van der Waals surface area (Å²) >= 11 is 0. The van der Waals surface area contributed by atoms with Gasteiger partial charge >= 0.3 is 5.91 Å². The van der Waals surface area contributed by atoms with E-state index in [1.165, 1.54) is 6.92 Å². The van der Waals surface area contributed by atoms with E-state index in [4.69, 9.17) is 0 Å². The average Bonchev–Trinajstić information content (AvgIpc) is 2.44. The van der Waals surface area contributed by atoms with Crippen LogP contribution in [0.15, 0.2) is 35.4 Å². The molecule has 78 valence electrons. The maximum Gasteiger partial charge on any atom is 0.313 e. The lowest BCUT2D eigenvalue weighted by Crippen LogP contribution is -2.45. The van der Waals surface area contributed by atoms with Crippen molar-refractivity contribution in [3.63, 3.8) is 0 Å². The number of carbonyl (C=O) groups excluding carboxylic acids is 1. The second-order valence-corrected chi connectivity index (χ2v) is 3.31. The molecule has 1 aromatic rings. The van der Waals surface area contributed by atoms with E-state index in [-0.39, 0.29) is 5.71 Å². The standard InChI is InChI=1S/C10H10N2O3/c1-7-10(14,15)9(13)12(11-7)8-5-3-2-4-6-8/h2-6,14-15H,1H3. The van der Waals surface area contributed by atoms with E-state index in [2.05, 4.69) is 5.10 Å². The van der Waals surface area contributed by atoms with Crippen LogP contribution in [0.25, 0.3) is 0 Å². The Balaban J connectivity index is 2.40. The summed E-state index contributed by atoms with van der Waals surface area (Å²) < 4.78 is 0. The normalized spacial score (nSPS) is 19.3. The predicted octanol–water partition coefficient (Wildman–Crippen LogP) is 0.0900. The SMILES string of the molecule is CC1=NN(c2ccccc2)C(=O)C1(O)O. The highest BCUT2D eigenvalue weighted by atomic mass is 16.5. The maximum atomic E-state index is 11.5. The number of carbonyl (C=O) groups is 1. The number of hydrogen-bond acceptors (Lipinski definition) is 4. The van der Waals surface area contributed by atoms with Crippen LogP contribution in [0, 0.1) is 0 Å². The van der Waals surface area contributed by atoms with Crippen LogP contribution in [0.1, 0.15) is 6.92 Å². The zero-order valence-corrected chi connectivity index (χ0v) is 8.08. The number of para-hydroxylation sites is 1. The van der Waals surface area contributed by atoms with Crippen molar-refractivity contribution in [2.24, 2.45) is 5.10 Å². The van der Waals surface area contributed by atoms with E-state index in [1.807, 2.05) is 0 Å². The molecule has 2 rings (SSSR count). The third-order valence-corrected chi connectivity index (χ3v) is 2.25. The van der Waals surface area contributed by atoms with E-state index < -0.39 is 11.7 Å². The van der Waals surface area contributed by atoms with Gasteiger partial charge in [0.2, 0.25) is 0 Å². The minimum Gasteiger partial charge on any atom is -0.354 e. The van der Waals surface area contributed by atoms with Crippen LogP contribution in [-0.4, -0.2) is 27.6 Å². The quantitative estimate of drug-likeness (QED) is 0.639.